The Morgan fingerprint density at radius 1 is 1.28 bits per heavy atom. The van der Waals surface area contributed by atoms with Gasteiger partial charge in [0.15, 0.2) is 5.76 Å². The molecule has 5 heteroatoms. The monoisotopic (exact) mass is 336 g/mol. The summed E-state index contributed by atoms with van der Waals surface area (Å²) >= 11 is 0. The van der Waals surface area contributed by atoms with Gasteiger partial charge in [-0.15, -0.1) is 0 Å². The maximum Gasteiger partial charge on any atom is 0.154 e. The lowest BCUT2D eigenvalue weighted by Crippen LogP contribution is -2.22. The van der Waals surface area contributed by atoms with Crippen molar-refractivity contribution in [1.29, 1.82) is 0 Å². The molecule has 0 bridgehead atoms. The van der Waals surface area contributed by atoms with E-state index in [1.54, 1.807) is 0 Å². The van der Waals surface area contributed by atoms with Crippen LogP contribution >= 0.6 is 0 Å². The molecule has 0 spiro atoms. The van der Waals surface area contributed by atoms with E-state index in [0.29, 0.717) is 6.04 Å². The highest BCUT2D eigenvalue weighted by Gasteiger charge is 2.30. The van der Waals surface area contributed by atoms with Crippen LogP contribution < -0.4 is 0 Å². The summed E-state index contributed by atoms with van der Waals surface area (Å²) in [4.78, 5) is 2.47. The number of aromatic amines is 1. The summed E-state index contributed by atoms with van der Waals surface area (Å²) in [6.07, 6.45) is 5.17. The number of hydrogen-bond acceptors (Lipinski definition) is 4. The van der Waals surface area contributed by atoms with Crippen molar-refractivity contribution in [2.45, 2.75) is 45.7 Å². The summed E-state index contributed by atoms with van der Waals surface area (Å²) in [6.45, 7) is 6.15. The molecule has 1 aliphatic heterocycles. The molecular formula is C20H24N4O. The molecule has 2 aromatic heterocycles. The van der Waals surface area contributed by atoms with Crippen LogP contribution in [-0.4, -0.2) is 26.8 Å². The molecule has 0 unspecified atom stereocenters. The number of benzene rings is 1. The first-order valence-electron chi connectivity index (χ1n) is 9.03. The van der Waals surface area contributed by atoms with Crippen LogP contribution in [-0.2, 0) is 13.0 Å². The van der Waals surface area contributed by atoms with Crippen molar-refractivity contribution in [3.05, 3.63) is 59.1 Å². The minimum atomic E-state index is 0.313. The van der Waals surface area contributed by atoms with E-state index in [1.807, 2.05) is 6.20 Å². The number of nitrogens with one attached hydrogen (secondary N) is 1. The van der Waals surface area contributed by atoms with Gasteiger partial charge in [-0.25, -0.2) is 0 Å². The Balaban J connectivity index is 1.55. The number of rotatable bonds is 5. The Bertz CT molecular complexity index is 834. The van der Waals surface area contributed by atoms with E-state index in [9.17, 15) is 0 Å². The summed E-state index contributed by atoms with van der Waals surface area (Å²) in [7, 11) is 0. The van der Waals surface area contributed by atoms with E-state index in [1.165, 1.54) is 23.1 Å². The number of H-pyrrole nitrogens is 1. The second-order valence-electron chi connectivity index (χ2n) is 6.84. The number of aromatic nitrogens is 3. The molecule has 3 heterocycles. The fourth-order valence-corrected chi connectivity index (χ4v) is 3.61. The summed E-state index contributed by atoms with van der Waals surface area (Å²) in [5.41, 5.74) is 5.82. The number of nitrogens with zero attached hydrogens (tertiary/aromatic N) is 3. The lowest BCUT2D eigenvalue weighted by molar-refractivity contribution is 0.206. The van der Waals surface area contributed by atoms with E-state index in [-0.39, 0.29) is 0 Å². The minimum Gasteiger partial charge on any atom is -0.359 e. The van der Waals surface area contributed by atoms with Gasteiger partial charge < -0.3 is 4.52 Å². The largest absolute Gasteiger partial charge is 0.359 e. The Kier molecular flexibility index (Phi) is 4.40. The molecule has 1 fully saturated rings. The minimum absolute atomic E-state index is 0.313. The number of hydrogen-bond donors (Lipinski definition) is 1. The predicted molar refractivity (Wildman–Crippen MR) is 97.0 cm³/mol. The van der Waals surface area contributed by atoms with Crippen LogP contribution in [0.25, 0.3) is 11.3 Å². The fraction of sp³-hybridized carbons (Fsp3) is 0.400. The molecule has 0 radical (unpaired) electrons. The summed E-state index contributed by atoms with van der Waals surface area (Å²) in [5, 5.41) is 11.6. The predicted octanol–water partition coefficient (Wildman–Crippen LogP) is 4.27. The molecule has 1 N–H and O–H groups in total. The molecule has 3 aromatic rings. The smallest absolute Gasteiger partial charge is 0.154 e. The third-order valence-electron chi connectivity index (χ3n) is 5.06. The van der Waals surface area contributed by atoms with E-state index in [0.717, 1.165) is 43.1 Å². The van der Waals surface area contributed by atoms with E-state index < -0.39 is 0 Å². The molecule has 0 saturated carbocycles. The topological polar surface area (TPSA) is 58.0 Å². The summed E-state index contributed by atoms with van der Waals surface area (Å²) in [6, 6.07) is 11.0. The Hall–Kier alpha value is -2.40. The van der Waals surface area contributed by atoms with Crippen molar-refractivity contribution in [3.63, 3.8) is 0 Å². The third kappa shape index (κ3) is 3.24. The third-order valence-corrected chi connectivity index (χ3v) is 5.06. The standard InChI is InChI=1S/C20H24N4O/c1-3-17-11-19(25-23-17)18-5-4-10-24(18)13-16-12-21-22-20(16)15-8-6-14(2)7-9-15/h6-9,11-12,18H,3-5,10,13H2,1-2H3,(H,21,22)/t18-/m1/s1. The van der Waals surface area contributed by atoms with Gasteiger partial charge in [0, 0.05) is 18.2 Å². The lowest BCUT2D eigenvalue weighted by atomic mass is 10.1. The zero-order valence-electron chi connectivity index (χ0n) is 14.8. The molecule has 25 heavy (non-hydrogen) atoms. The van der Waals surface area contributed by atoms with Crippen molar-refractivity contribution in [3.8, 4) is 11.3 Å². The summed E-state index contributed by atoms with van der Waals surface area (Å²) in [5.74, 6) is 0.995. The van der Waals surface area contributed by atoms with Gasteiger partial charge in [-0.3, -0.25) is 10.00 Å². The zero-order valence-corrected chi connectivity index (χ0v) is 14.8. The van der Waals surface area contributed by atoms with Gasteiger partial charge in [0.2, 0.25) is 0 Å². The zero-order chi connectivity index (χ0) is 17.2. The Morgan fingerprint density at radius 3 is 2.88 bits per heavy atom. The first-order chi connectivity index (χ1) is 12.2. The normalized spacial score (nSPS) is 18.1. The molecule has 1 saturated heterocycles. The van der Waals surface area contributed by atoms with Crippen LogP contribution in [0.4, 0.5) is 0 Å². The van der Waals surface area contributed by atoms with Gasteiger partial charge in [0.05, 0.1) is 23.6 Å². The van der Waals surface area contributed by atoms with E-state index in [4.69, 9.17) is 4.52 Å². The average Bonchev–Trinajstić information content (AvgIpc) is 3.36. The molecule has 4 rings (SSSR count). The number of likely N-dealkylation sites (tertiary alicyclic amines) is 1. The molecule has 5 nitrogen and oxygen atoms in total. The fourth-order valence-electron chi connectivity index (χ4n) is 3.61. The van der Waals surface area contributed by atoms with Crippen LogP contribution in [0.1, 0.15) is 48.4 Å². The Morgan fingerprint density at radius 2 is 2.12 bits per heavy atom. The van der Waals surface area contributed by atoms with E-state index >= 15 is 0 Å². The molecule has 0 amide bonds. The second kappa shape index (κ2) is 6.84. The lowest BCUT2D eigenvalue weighted by Gasteiger charge is -2.22. The highest BCUT2D eigenvalue weighted by molar-refractivity contribution is 5.62. The maximum atomic E-state index is 5.60. The van der Waals surface area contributed by atoms with Crippen molar-refractivity contribution in [2.24, 2.45) is 0 Å². The van der Waals surface area contributed by atoms with Crippen LogP contribution in [0.3, 0.4) is 0 Å². The molecule has 130 valence electrons. The van der Waals surface area contributed by atoms with Gasteiger partial charge in [-0.2, -0.15) is 5.10 Å². The second-order valence-corrected chi connectivity index (χ2v) is 6.84. The summed E-state index contributed by atoms with van der Waals surface area (Å²) < 4.78 is 5.60. The van der Waals surface area contributed by atoms with Crippen LogP contribution in [0.2, 0.25) is 0 Å². The van der Waals surface area contributed by atoms with E-state index in [2.05, 4.69) is 64.4 Å². The van der Waals surface area contributed by atoms with Crippen LogP contribution in [0.5, 0.6) is 0 Å². The first kappa shape index (κ1) is 16.1. The quantitative estimate of drug-likeness (QED) is 0.756. The van der Waals surface area contributed by atoms with Crippen molar-refractivity contribution in [1.82, 2.24) is 20.3 Å². The Labute approximate surface area is 148 Å². The number of aryl methyl sites for hydroxylation is 2. The van der Waals surface area contributed by atoms with Gasteiger partial charge in [-0.1, -0.05) is 41.9 Å². The SMILES string of the molecule is CCc1cc([C@H]2CCCN2Cc2cn[nH]c2-c2ccc(C)cc2)on1. The molecular weight excluding hydrogens is 312 g/mol. The maximum absolute atomic E-state index is 5.60. The van der Waals surface area contributed by atoms with Crippen LogP contribution in [0.15, 0.2) is 41.1 Å². The van der Waals surface area contributed by atoms with Gasteiger partial charge in [0.25, 0.3) is 0 Å². The van der Waals surface area contributed by atoms with Crippen molar-refractivity contribution < 1.29 is 4.52 Å². The molecule has 1 atom stereocenters. The van der Waals surface area contributed by atoms with Gasteiger partial charge >= 0.3 is 0 Å². The highest BCUT2D eigenvalue weighted by Crippen LogP contribution is 2.34. The van der Waals surface area contributed by atoms with Crippen molar-refractivity contribution >= 4 is 0 Å². The molecule has 1 aromatic carbocycles. The molecule has 1 aliphatic rings. The first-order valence-corrected chi connectivity index (χ1v) is 9.03. The van der Waals surface area contributed by atoms with Crippen LogP contribution in [0, 0.1) is 6.92 Å². The highest BCUT2D eigenvalue weighted by atomic mass is 16.5. The van der Waals surface area contributed by atoms with Gasteiger partial charge in [0.1, 0.15) is 0 Å². The van der Waals surface area contributed by atoms with Crippen molar-refractivity contribution in [2.75, 3.05) is 6.54 Å². The van der Waals surface area contributed by atoms with Gasteiger partial charge in [-0.05, 0) is 38.3 Å². The molecule has 0 aliphatic carbocycles. The average molecular weight is 336 g/mol.